The third-order valence-corrected chi connectivity index (χ3v) is 6.78. The molecule has 0 fully saturated rings. The summed E-state index contributed by atoms with van der Waals surface area (Å²) in [5.74, 6) is -1.73. The second kappa shape index (κ2) is 10.8. The van der Waals surface area contributed by atoms with Crippen molar-refractivity contribution in [1.82, 2.24) is 9.97 Å². The first kappa shape index (κ1) is 26.2. The number of imidazole rings is 1. The van der Waals surface area contributed by atoms with Crippen LogP contribution < -0.4 is 10.6 Å². The number of benzene rings is 4. The van der Waals surface area contributed by atoms with Gasteiger partial charge >= 0.3 is 5.97 Å². The molecule has 0 saturated heterocycles. The minimum atomic E-state index is -1.25. The summed E-state index contributed by atoms with van der Waals surface area (Å²) in [5, 5.41) is 16.2. The van der Waals surface area contributed by atoms with E-state index in [0.29, 0.717) is 43.2 Å². The Morgan fingerprint density at radius 3 is 2.08 bits per heavy atom. The van der Waals surface area contributed by atoms with Gasteiger partial charge in [-0.25, -0.2) is 9.78 Å². The van der Waals surface area contributed by atoms with Crippen molar-refractivity contribution in [2.24, 2.45) is 0 Å². The quantitative estimate of drug-likeness (QED) is 0.167. The van der Waals surface area contributed by atoms with Crippen LogP contribution in [0.15, 0.2) is 78.9 Å². The number of aromatic amines is 1. The molecule has 1 heterocycles. The van der Waals surface area contributed by atoms with Crippen LogP contribution in [0.5, 0.6) is 0 Å². The monoisotopic (exact) mass is 578 g/mol. The molecular formula is C28H17Cl3N4O4. The number of aromatic nitrogens is 2. The van der Waals surface area contributed by atoms with Crippen LogP contribution in [-0.4, -0.2) is 32.9 Å². The Labute approximate surface area is 236 Å². The molecule has 11 heteroatoms. The molecular weight excluding hydrogens is 563 g/mol. The van der Waals surface area contributed by atoms with Gasteiger partial charge in [0.1, 0.15) is 5.82 Å². The fraction of sp³-hybridized carbons (Fsp3) is 0. The van der Waals surface area contributed by atoms with Crippen molar-refractivity contribution in [2.45, 2.75) is 0 Å². The normalized spacial score (nSPS) is 10.8. The number of carbonyl (C=O) groups is 3. The van der Waals surface area contributed by atoms with Gasteiger partial charge < -0.3 is 20.7 Å². The highest BCUT2D eigenvalue weighted by atomic mass is 35.5. The van der Waals surface area contributed by atoms with Gasteiger partial charge in [0.2, 0.25) is 0 Å². The standard InChI is InChI=1S/C28H17Cl3N4O4/c29-17-6-8-18(9-7-17)32-27(37)16-5-10-19(28(38)39)22(11-16)35-26(36)15-3-1-14(2-4-15)25-33-23-12-20(30)21(31)13-24(23)34-25/h1-13H,(H,32,37)(H,33,34)(H,35,36)(H,38,39). The van der Waals surface area contributed by atoms with E-state index in [1.807, 2.05) is 0 Å². The lowest BCUT2D eigenvalue weighted by Crippen LogP contribution is -2.17. The van der Waals surface area contributed by atoms with Crippen LogP contribution in [0.4, 0.5) is 11.4 Å². The molecule has 8 nitrogen and oxygen atoms in total. The lowest BCUT2D eigenvalue weighted by Gasteiger charge is -2.12. The number of anilines is 2. The third kappa shape index (κ3) is 5.73. The summed E-state index contributed by atoms with van der Waals surface area (Å²) in [7, 11) is 0. The van der Waals surface area contributed by atoms with Gasteiger partial charge in [-0.15, -0.1) is 0 Å². The Morgan fingerprint density at radius 2 is 1.38 bits per heavy atom. The molecule has 5 aromatic rings. The molecule has 0 atom stereocenters. The summed E-state index contributed by atoms with van der Waals surface area (Å²) >= 11 is 18.0. The van der Waals surface area contributed by atoms with Gasteiger partial charge in [-0.1, -0.05) is 46.9 Å². The lowest BCUT2D eigenvalue weighted by molar-refractivity contribution is 0.0697. The molecule has 0 radical (unpaired) electrons. The first-order valence-corrected chi connectivity index (χ1v) is 12.5. The summed E-state index contributed by atoms with van der Waals surface area (Å²) in [4.78, 5) is 45.2. The van der Waals surface area contributed by atoms with E-state index >= 15 is 0 Å². The molecule has 4 N–H and O–H groups in total. The van der Waals surface area contributed by atoms with Crippen LogP contribution in [0.1, 0.15) is 31.1 Å². The number of carboxylic acids is 1. The first-order valence-electron chi connectivity index (χ1n) is 11.4. The highest BCUT2D eigenvalue weighted by molar-refractivity contribution is 6.42. The first-order chi connectivity index (χ1) is 18.7. The van der Waals surface area contributed by atoms with Crippen molar-refractivity contribution in [1.29, 1.82) is 0 Å². The van der Waals surface area contributed by atoms with Crippen LogP contribution in [0.2, 0.25) is 15.1 Å². The third-order valence-electron chi connectivity index (χ3n) is 5.81. The van der Waals surface area contributed by atoms with Crippen LogP contribution >= 0.6 is 34.8 Å². The van der Waals surface area contributed by atoms with E-state index in [1.54, 1.807) is 60.7 Å². The van der Waals surface area contributed by atoms with Crippen molar-refractivity contribution in [3.63, 3.8) is 0 Å². The van der Waals surface area contributed by atoms with E-state index in [0.717, 1.165) is 0 Å². The molecule has 4 aromatic carbocycles. The Morgan fingerprint density at radius 1 is 0.744 bits per heavy atom. The fourth-order valence-electron chi connectivity index (χ4n) is 3.83. The minimum absolute atomic E-state index is 0.0219. The summed E-state index contributed by atoms with van der Waals surface area (Å²) < 4.78 is 0. The molecule has 39 heavy (non-hydrogen) atoms. The molecule has 0 aliphatic heterocycles. The Hall–Kier alpha value is -4.37. The SMILES string of the molecule is O=C(Nc1ccc(Cl)cc1)c1ccc(C(=O)O)c(NC(=O)c2ccc(-c3nc4cc(Cl)c(Cl)cc4[nH]3)cc2)c1. The van der Waals surface area contributed by atoms with Gasteiger partial charge in [0.15, 0.2) is 0 Å². The number of rotatable bonds is 6. The number of aromatic carboxylic acids is 1. The maximum absolute atomic E-state index is 13.0. The number of carboxylic acid groups (broad SMARTS) is 1. The van der Waals surface area contributed by atoms with Crippen LogP contribution in [0, 0.1) is 0 Å². The largest absolute Gasteiger partial charge is 0.478 e. The molecule has 0 aliphatic carbocycles. The summed E-state index contributed by atoms with van der Waals surface area (Å²) in [6, 6.07) is 20.4. The van der Waals surface area contributed by atoms with Gasteiger partial charge in [-0.3, -0.25) is 9.59 Å². The van der Waals surface area contributed by atoms with Crippen molar-refractivity contribution >= 4 is 75.0 Å². The van der Waals surface area contributed by atoms with Crippen molar-refractivity contribution in [3.05, 3.63) is 111 Å². The second-order valence-electron chi connectivity index (χ2n) is 8.43. The van der Waals surface area contributed by atoms with Gasteiger partial charge in [-0.05, 0) is 66.7 Å². The van der Waals surface area contributed by atoms with E-state index in [9.17, 15) is 19.5 Å². The summed E-state index contributed by atoms with van der Waals surface area (Å²) in [6.45, 7) is 0. The number of nitrogens with one attached hydrogen (secondary N) is 3. The Balaban J connectivity index is 1.36. The number of amides is 2. The van der Waals surface area contributed by atoms with E-state index in [4.69, 9.17) is 34.8 Å². The fourth-order valence-corrected chi connectivity index (χ4v) is 4.28. The smallest absolute Gasteiger partial charge is 0.337 e. The van der Waals surface area contributed by atoms with Crippen LogP contribution in [0.25, 0.3) is 22.4 Å². The number of hydrogen-bond acceptors (Lipinski definition) is 4. The molecule has 0 unspecified atom stereocenters. The number of fused-ring (bicyclic) bond motifs is 1. The zero-order chi connectivity index (χ0) is 27.7. The van der Waals surface area contributed by atoms with Crippen molar-refractivity contribution < 1.29 is 19.5 Å². The Bertz CT molecular complexity index is 1710. The number of hydrogen-bond donors (Lipinski definition) is 4. The minimum Gasteiger partial charge on any atom is -0.478 e. The van der Waals surface area contributed by atoms with E-state index in [2.05, 4.69) is 20.6 Å². The number of carbonyl (C=O) groups excluding carboxylic acids is 2. The predicted molar refractivity (Wildman–Crippen MR) is 152 cm³/mol. The molecule has 2 amide bonds. The van der Waals surface area contributed by atoms with Crippen LogP contribution in [-0.2, 0) is 0 Å². The molecule has 0 spiro atoms. The van der Waals surface area contributed by atoms with Gasteiger partial charge in [-0.2, -0.15) is 0 Å². The second-order valence-corrected chi connectivity index (χ2v) is 9.68. The van der Waals surface area contributed by atoms with Gasteiger partial charge in [0.05, 0.1) is 32.3 Å². The molecule has 0 bridgehead atoms. The van der Waals surface area contributed by atoms with E-state index < -0.39 is 17.8 Å². The maximum atomic E-state index is 13.0. The van der Waals surface area contributed by atoms with Crippen molar-refractivity contribution in [2.75, 3.05) is 10.6 Å². The van der Waals surface area contributed by atoms with Crippen LogP contribution in [0.3, 0.4) is 0 Å². The topological polar surface area (TPSA) is 124 Å². The van der Waals surface area contributed by atoms with Gasteiger partial charge in [0, 0.05) is 27.4 Å². The predicted octanol–water partition coefficient (Wildman–Crippen LogP) is 7.39. The number of nitrogens with zero attached hydrogens (tertiary/aromatic N) is 1. The zero-order valence-corrected chi connectivity index (χ0v) is 22.0. The summed E-state index contributed by atoms with van der Waals surface area (Å²) in [5.41, 5.74) is 2.81. The average molecular weight is 580 g/mol. The average Bonchev–Trinajstić information content (AvgIpc) is 3.32. The number of H-pyrrole nitrogens is 1. The molecule has 5 rings (SSSR count). The summed E-state index contributed by atoms with van der Waals surface area (Å²) in [6.07, 6.45) is 0. The molecule has 1 aromatic heterocycles. The van der Waals surface area contributed by atoms with E-state index in [1.165, 1.54) is 18.2 Å². The molecule has 194 valence electrons. The number of halogens is 3. The maximum Gasteiger partial charge on any atom is 0.337 e. The van der Waals surface area contributed by atoms with Gasteiger partial charge in [0.25, 0.3) is 11.8 Å². The molecule has 0 saturated carbocycles. The zero-order valence-electron chi connectivity index (χ0n) is 19.8. The lowest BCUT2D eigenvalue weighted by atomic mass is 10.1. The van der Waals surface area contributed by atoms with Crippen molar-refractivity contribution in [3.8, 4) is 11.4 Å². The molecule has 0 aliphatic rings. The highest BCUT2D eigenvalue weighted by Gasteiger charge is 2.17. The Kier molecular flexibility index (Phi) is 7.26. The highest BCUT2D eigenvalue weighted by Crippen LogP contribution is 2.29. The van der Waals surface area contributed by atoms with E-state index in [-0.39, 0.29) is 22.4 Å².